The number of aliphatic hydroxyl groups is 2. The molecule has 0 atom stereocenters. The lowest BCUT2D eigenvalue weighted by molar-refractivity contribution is 0.271. The lowest BCUT2D eigenvalue weighted by Crippen LogP contribution is -2.32. The van der Waals surface area contributed by atoms with Gasteiger partial charge in [-0.1, -0.05) is 18.8 Å². The van der Waals surface area contributed by atoms with Gasteiger partial charge in [-0.3, -0.25) is 0 Å². The van der Waals surface area contributed by atoms with Gasteiger partial charge >= 0.3 is 0 Å². The SMILES string of the molecule is CCN(CCCO)S(=O)(=O)c1ccc(C#CCO)cc1. The number of nitrogens with zero attached hydrogens (tertiary/aromatic N) is 1. The molecule has 0 unspecified atom stereocenters. The highest BCUT2D eigenvalue weighted by molar-refractivity contribution is 7.89. The first-order valence-electron chi connectivity index (χ1n) is 6.37. The predicted octanol–water partition coefficient (Wildman–Crippen LogP) is 0.423. The first-order chi connectivity index (χ1) is 9.56. The molecule has 0 aliphatic heterocycles. The summed E-state index contributed by atoms with van der Waals surface area (Å²) in [6, 6.07) is 6.21. The van der Waals surface area contributed by atoms with Crippen molar-refractivity contribution in [1.29, 1.82) is 0 Å². The molecule has 0 spiro atoms. The summed E-state index contributed by atoms with van der Waals surface area (Å²) in [6.45, 7) is 2.14. The van der Waals surface area contributed by atoms with Gasteiger partial charge in [0, 0.05) is 25.3 Å². The summed E-state index contributed by atoms with van der Waals surface area (Å²) in [5.41, 5.74) is 0.649. The third-order valence-electron chi connectivity index (χ3n) is 2.72. The van der Waals surface area contributed by atoms with Crippen molar-refractivity contribution in [2.45, 2.75) is 18.2 Å². The van der Waals surface area contributed by atoms with Crippen molar-refractivity contribution in [3.8, 4) is 11.8 Å². The van der Waals surface area contributed by atoms with Crippen LogP contribution in [0.25, 0.3) is 0 Å². The molecule has 0 bridgehead atoms. The molecule has 1 rings (SSSR count). The van der Waals surface area contributed by atoms with Gasteiger partial charge in [0.25, 0.3) is 0 Å². The van der Waals surface area contributed by atoms with Crippen molar-refractivity contribution in [3.05, 3.63) is 29.8 Å². The number of sulfonamides is 1. The van der Waals surface area contributed by atoms with Gasteiger partial charge in [-0.05, 0) is 30.7 Å². The van der Waals surface area contributed by atoms with E-state index >= 15 is 0 Å². The van der Waals surface area contributed by atoms with Gasteiger partial charge in [0.1, 0.15) is 6.61 Å². The molecule has 0 aromatic heterocycles. The average Bonchev–Trinajstić information content (AvgIpc) is 2.46. The Labute approximate surface area is 119 Å². The quantitative estimate of drug-likeness (QED) is 0.746. The van der Waals surface area contributed by atoms with Crippen LogP contribution < -0.4 is 0 Å². The largest absolute Gasteiger partial charge is 0.396 e. The number of hydrogen-bond donors (Lipinski definition) is 2. The fourth-order valence-electron chi connectivity index (χ4n) is 1.70. The normalized spacial score (nSPS) is 11.2. The highest BCUT2D eigenvalue weighted by atomic mass is 32.2. The molecule has 0 aliphatic carbocycles. The molecule has 2 N–H and O–H groups in total. The molecule has 1 aromatic rings. The zero-order valence-electron chi connectivity index (χ0n) is 11.4. The lowest BCUT2D eigenvalue weighted by atomic mass is 10.2. The van der Waals surface area contributed by atoms with Crippen LogP contribution in [0.15, 0.2) is 29.2 Å². The van der Waals surface area contributed by atoms with E-state index in [1.54, 1.807) is 19.1 Å². The van der Waals surface area contributed by atoms with Crippen LogP contribution in [0.3, 0.4) is 0 Å². The van der Waals surface area contributed by atoms with Crippen LogP contribution in [0.5, 0.6) is 0 Å². The monoisotopic (exact) mass is 297 g/mol. The van der Waals surface area contributed by atoms with Crippen LogP contribution in [0.4, 0.5) is 0 Å². The Balaban J connectivity index is 2.96. The van der Waals surface area contributed by atoms with E-state index in [0.717, 1.165) is 0 Å². The maximum absolute atomic E-state index is 12.4. The van der Waals surface area contributed by atoms with E-state index in [2.05, 4.69) is 11.8 Å². The molecular weight excluding hydrogens is 278 g/mol. The minimum absolute atomic E-state index is 0.0400. The third-order valence-corrected chi connectivity index (χ3v) is 4.71. The summed E-state index contributed by atoms with van der Waals surface area (Å²) in [5, 5.41) is 17.4. The zero-order chi connectivity index (χ0) is 15.0. The minimum atomic E-state index is -3.54. The molecule has 0 saturated heterocycles. The molecule has 5 nitrogen and oxygen atoms in total. The van der Waals surface area contributed by atoms with E-state index in [-0.39, 0.29) is 18.1 Å². The number of rotatable bonds is 6. The standard InChI is InChI=1S/C14H19NO4S/c1-2-15(10-4-12-17)20(18,19)14-8-6-13(7-9-14)5-3-11-16/h6-9,16-17H,2,4,10-12H2,1H3. The van der Waals surface area contributed by atoms with Crippen LogP contribution >= 0.6 is 0 Å². The summed E-state index contributed by atoms with van der Waals surface area (Å²) in [5.74, 6) is 5.21. The maximum Gasteiger partial charge on any atom is 0.243 e. The molecular formula is C14H19NO4S. The Hall–Kier alpha value is -1.39. The Bertz CT molecular complexity index is 569. The first kappa shape index (κ1) is 16.7. The predicted molar refractivity (Wildman–Crippen MR) is 76.5 cm³/mol. The molecule has 110 valence electrons. The van der Waals surface area contributed by atoms with Gasteiger partial charge in [-0.2, -0.15) is 4.31 Å². The minimum Gasteiger partial charge on any atom is -0.396 e. The highest BCUT2D eigenvalue weighted by Crippen LogP contribution is 2.16. The van der Waals surface area contributed by atoms with Gasteiger partial charge in [0.05, 0.1) is 4.90 Å². The average molecular weight is 297 g/mol. The molecule has 0 saturated carbocycles. The fraction of sp³-hybridized carbons (Fsp3) is 0.429. The van der Waals surface area contributed by atoms with Crippen molar-refractivity contribution in [1.82, 2.24) is 4.31 Å². The second-order valence-electron chi connectivity index (χ2n) is 4.06. The van der Waals surface area contributed by atoms with Crippen LogP contribution in [-0.4, -0.2) is 49.2 Å². The van der Waals surface area contributed by atoms with E-state index < -0.39 is 10.0 Å². The van der Waals surface area contributed by atoms with Crippen molar-refractivity contribution in [3.63, 3.8) is 0 Å². The van der Waals surface area contributed by atoms with Crippen molar-refractivity contribution in [2.24, 2.45) is 0 Å². The smallest absolute Gasteiger partial charge is 0.243 e. The molecule has 0 amide bonds. The van der Waals surface area contributed by atoms with Gasteiger partial charge in [-0.25, -0.2) is 8.42 Å². The van der Waals surface area contributed by atoms with Crippen molar-refractivity contribution >= 4 is 10.0 Å². The third kappa shape index (κ3) is 4.32. The zero-order valence-corrected chi connectivity index (χ0v) is 12.2. The highest BCUT2D eigenvalue weighted by Gasteiger charge is 2.22. The van der Waals surface area contributed by atoms with Gasteiger partial charge in [0.15, 0.2) is 0 Å². The molecule has 0 aliphatic rings. The van der Waals surface area contributed by atoms with Crippen LogP contribution in [0.1, 0.15) is 18.9 Å². The Kier molecular flexibility index (Phi) is 6.68. The van der Waals surface area contributed by atoms with Crippen LogP contribution in [0, 0.1) is 11.8 Å². The van der Waals surface area contributed by atoms with Crippen LogP contribution in [0.2, 0.25) is 0 Å². The fourth-order valence-corrected chi connectivity index (χ4v) is 3.18. The summed E-state index contributed by atoms with van der Waals surface area (Å²) in [4.78, 5) is 0.201. The van der Waals surface area contributed by atoms with Crippen LogP contribution in [-0.2, 0) is 10.0 Å². The van der Waals surface area contributed by atoms with E-state index in [9.17, 15) is 8.42 Å². The van der Waals surface area contributed by atoms with Crippen molar-refractivity contribution in [2.75, 3.05) is 26.3 Å². The molecule has 0 fully saturated rings. The van der Waals surface area contributed by atoms with E-state index in [0.29, 0.717) is 25.1 Å². The van der Waals surface area contributed by atoms with Gasteiger partial charge in [0.2, 0.25) is 10.0 Å². The van der Waals surface area contributed by atoms with Gasteiger partial charge in [-0.15, -0.1) is 0 Å². The summed E-state index contributed by atoms with van der Waals surface area (Å²) >= 11 is 0. The summed E-state index contributed by atoms with van der Waals surface area (Å²) in [6.07, 6.45) is 0.410. The summed E-state index contributed by atoms with van der Waals surface area (Å²) < 4.78 is 26.1. The second-order valence-corrected chi connectivity index (χ2v) is 6.00. The summed E-state index contributed by atoms with van der Waals surface area (Å²) in [7, 11) is -3.54. The molecule has 6 heteroatoms. The Morgan fingerprint density at radius 1 is 1.20 bits per heavy atom. The number of hydrogen-bond acceptors (Lipinski definition) is 4. The molecule has 0 radical (unpaired) electrons. The molecule has 20 heavy (non-hydrogen) atoms. The van der Waals surface area contributed by atoms with E-state index in [1.807, 2.05) is 0 Å². The van der Waals surface area contributed by atoms with Crippen molar-refractivity contribution < 1.29 is 18.6 Å². The first-order valence-corrected chi connectivity index (χ1v) is 7.81. The molecule has 0 heterocycles. The maximum atomic E-state index is 12.4. The Morgan fingerprint density at radius 2 is 1.85 bits per heavy atom. The second kappa shape index (κ2) is 8.02. The number of aliphatic hydroxyl groups excluding tert-OH is 2. The van der Waals surface area contributed by atoms with E-state index in [4.69, 9.17) is 10.2 Å². The topological polar surface area (TPSA) is 77.8 Å². The lowest BCUT2D eigenvalue weighted by Gasteiger charge is -2.20. The number of benzene rings is 1. The Morgan fingerprint density at radius 3 is 2.35 bits per heavy atom. The molecule has 1 aromatic carbocycles. The van der Waals surface area contributed by atoms with E-state index in [1.165, 1.54) is 16.4 Å². The van der Waals surface area contributed by atoms with Gasteiger partial charge < -0.3 is 10.2 Å².